The Balaban J connectivity index is 1.65. The summed E-state index contributed by atoms with van der Waals surface area (Å²) in [5, 5.41) is 0.355. The number of carbonyl (C=O) groups is 2. The SMILES string of the molecule is O=C(CCN1C(=O)CSc2ccccc21)Oc1ccc(Br)cc1Cl. The summed E-state index contributed by atoms with van der Waals surface area (Å²) in [5.74, 6) is 0.256. The van der Waals surface area contributed by atoms with Gasteiger partial charge in [-0.15, -0.1) is 11.8 Å². The molecule has 0 unspecified atom stereocenters. The number of rotatable bonds is 4. The molecule has 0 atom stereocenters. The molecule has 0 saturated carbocycles. The topological polar surface area (TPSA) is 46.6 Å². The van der Waals surface area contributed by atoms with E-state index in [0.717, 1.165) is 15.1 Å². The lowest BCUT2D eigenvalue weighted by Gasteiger charge is -2.28. The maximum atomic E-state index is 12.1. The second-order valence-corrected chi connectivity index (χ2v) is 7.44. The molecule has 0 saturated heterocycles. The third kappa shape index (κ3) is 3.94. The van der Waals surface area contributed by atoms with Gasteiger partial charge in [-0.2, -0.15) is 0 Å². The third-order valence-corrected chi connectivity index (χ3v) is 5.30. The lowest BCUT2D eigenvalue weighted by molar-refractivity contribution is -0.134. The van der Waals surface area contributed by atoms with Crippen LogP contribution in [0, 0.1) is 0 Å². The summed E-state index contributed by atoms with van der Waals surface area (Å²) in [6.07, 6.45) is 0.0944. The molecule has 7 heteroatoms. The molecule has 0 aromatic heterocycles. The number of esters is 1. The predicted molar refractivity (Wildman–Crippen MR) is 98.9 cm³/mol. The predicted octanol–water partition coefficient (Wildman–Crippen LogP) is 4.54. The lowest BCUT2D eigenvalue weighted by Crippen LogP contribution is -2.37. The minimum absolute atomic E-state index is 0.00632. The standard InChI is InChI=1S/C17H13BrClNO3S/c18-11-5-6-14(12(19)9-11)23-17(22)7-8-20-13-3-1-2-4-15(13)24-10-16(20)21/h1-6,9H,7-8,10H2. The van der Waals surface area contributed by atoms with E-state index in [0.29, 0.717) is 16.5 Å². The second kappa shape index (κ2) is 7.59. The van der Waals surface area contributed by atoms with Gasteiger partial charge in [0.1, 0.15) is 5.75 Å². The first-order chi connectivity index (χ1) is 11.5. The van der Waals surface area contributed by atoms with Crippen LogP contribution in [0.25, 0.3) is 0 Å². The van der Waals surface area contributed by atoms with Gasteiger partial charge in [-0.1, -0.05) is 39.7 Å². The second-order valence-electron chi connectivity index (χ2n) is 5.10. The molecule has 2 aromatic carbocycles. The van der Waals surface area contributed by atoms with Gasteiger partial charge in [-0.3, -0.25) is 9.59 Å². The van der Waals surface area contributed by atoms with Gasteiger partial charge >= 0.3 is 5.97 Å². The Morgan fingerprint density at radius 3 is 2.88 bits per heavy atom. The average molecular weight is 427 g/mol. The summed E-state index contributed by atoms with van der Waals surface area (Å²) in [6.45, 7) is 0.281. The average Bonchev–Trinajstić information content (AvgIpc) is 2.56. The van der Waals surface area contributed by atoms with Crippen molar-refractivity contribution in [1.82, 2.24) is 0 Å². The van der Waals surface area contributed by atoms with Crippen LogP contribution >= 0.6 is 39.3 Å². The molecular formula is C17H13BrClNO3S. The van der Waals surface area contributed by atoms with Crippen LogP contribution in [0.3, 0.4) is 0 Å². The Labute approximate surface area is 157 Å². The van der Waals surface area contributed by atoms with Gasteiger partial charge in [0.05, 0.1) is 22.9 Å². The first-order valence-electron chi connectivity index (χ1n) is 7.22. The Kier molecular flexibility index (Phi) is 5.48. The highest BCUT2D eigenvalue weighted by Crippen LogP contribution is 2.35. The lowest BCUT2D eigenvalue weighted by atomic mass is 10.2. The molecule has 0 fully saturated rings. The molecule has 1 amide bonds. The zero-order chi connectivity index (χ0) is 17.1. The number of carbonyl (C=O) groups excluding carboxylic acids is 2. The number of benzene rings is 2. The van der Waals surface area contributed by atoms with Gasteiger partial charge < -0.3 is 9.64 Å². The van der Waals surface area contributed by atoms with Crippen LogP contribution in [-0.2, 0) is 9.59 Å². The van der Waals surface area contributed by atoms with E-state index < -0.39 is 5.97 Å². The normalized spacial score (nSPS) is 13.6. The van der Waals surface area contributed by atoms with Gasteiger partial charge in [-0.05, 0) is 30.3 Å². The smallest absolute Gasteiger partial charge is 0.313 e. The van der Waals surface area contributed by atoms with Crippen LogP contribution in [-0.4, -0.2) is 24.2 Å². The van der Waals surface area contributed by atoms with E-state index in [1.165, 1.54) is 11.8 Å². The Morgan fingerprint density at radius 1 is 1.29 bits per heavy atom. The van der Waals surface area contributed by atoms with E-state index in [9.17, 15) is 9.59 Å². The summed E-state index contributed by atoms with van der Waals surface area (Å²) in [4.78, 5) is 26.9. The number of anilines is 1. The highest BCUT2D eigenvalue weighted by atomic mass is 79.9. The van der Waals surface area contributed by atoms with E-state index in [4.69, 9.17) is 16.3 Å². The largest absolute Gasteiger partial charge is 0.425 e. The molecule has 1 aliphatic heterocycles. The fourth-order valence-electron chi connectivity index (χ4n) is 2.33. The summed E-state index contributed by atoms with van der Waals surface area (Å²) in [6, 6.07) is 12.7. The zero-order valence-corrected chi connectivity index (χ0v) is 15.7. The van der Waals surface area contributed by atoms with Crippen LogP contribution in [0.15, 0.2) is 51.8 Å². The monoisotopic (exact) mass is 425 g/mol. The summed E-state index contributed by atoms with van der Waals surface area (Å²) in [5.41, 5.74) is 0.841. The summed E-state index contributed by atoms with van der Waals surface area (Å²) >= 11 is 10.8. The maximum absolute atomic E-state index is 12.1. The van der Waals surface area contributed by atoms with Gasteiger partial charge in [0.15, 0.2) is 0 Å². The molecule has 0 N–H and O–H groups in total. The first kappa shape index (κ1) is 17.3. The highest BCUT2D eigenvalue weighted by molar-refractivity contribution is 9.10. The molecular weight excluding hydrogens is 414 g/mol. The number of nitrogens with zero attached hydrogens (tertiary/aromatic N) is 1. The number of halogens is 2. The molecule has 124 valence electrons. The van der Waals surface area contributed by atoms with Crippen molar-refractivity contribution < 1.29 is 14.3 Å². The first-order valence-corrected chi connectivity index (χ1v) is 9.38. The fraction of sp³-hybridized carbons (Fsp3) is 0.176. The number of fused-ring (bicyclic) bond motifs is 1. The van der Waals surface area contributed by atoms with E-state index in [-0.39, 0.29) is 18.9 Å². The van der Waals surface area contributed by atoms with Crippen molar-refractivity contribution in [3.8, 4) is 5.75 Å². The Morgan fingerprint density at radius 2 is 2.08 bits per heavy atom. The summed E-state index contributed by atoms with van der Waals surface area (Å²) < 4.78 is 6.09. The number of amides is 1. The Bertz CT molecular complexity index is 799. The van der Waals surface area contributed by atoms with Gasteiger partial charge in [0, 0.05) is 15.9 Å². The van der Waals surface area contributed by atoms with Crippen molar-refractivity contribution >= 4 is 56.9 Å². The zero-order valence-electron chi connectivity index (χ0n) is 12.5. The molecule has 1 aliphatic rings. The van der Waals surface area contributed by atoms with E-state index in [1.807, 2.05) is 24.3 Å². The third-order valence-electron chi connectivity index (χ3n) is 3.47. The quantitative estimate of drug-likeness (QED) is 0.532. The number of ether oxygens (including phenoxy) is 1. The van der Waals surface area contributed by atoms with E-state index in [2.05, 4.69) is 15.9 Å². The van der Waals surface area contributed by atoms with Crippen LogP contribution in [0.5, 0.6) is 5.75 Å². The van der Waals surface area contributed by atoms with E-state index in [1.54, 1.807) is 23.1 Å². The molecule has 1 heterocycles. The minimum Gasteiger partial charge on any atom is -0.425 e. The summed E-state index contributed by atoms with van der Waals surface area (Å²) in [7, 11) is 0. The number of hydrogen-bond acceptors (Lipinski definition) is 4. The molecule has 4 nitrogen and oxygen atoms in total. The molecule has 2 aromatic rings. The highest BCUT2D eigenvalue weighted by Gasteiger charge is 2.25. The van der Waals surface area contributed by atoms with Gasteiger partial charge in [0.25, 0.3) is 0 Å². The number of para-hydroxylation sites is 1. The van der Waals surface area contributed by atoms with Crippen molar-refractivity contribution in [2.45, 2.75) is 11.3 Å². The van der Waals surface area contributed by atoms with Crippen LogP contribution in [0.1, 0.15) is 6.42 Å². The van der Waals surface area contributed by atoms with Crippen molar-refractivity contribution in [3.63, 3.8) is 0 Å². The van der Waals surface area contributed by atoms with Crippen molar-refractivity contribution in [1.29, 1.82) is 0 Å². The molecule has 0 bridgehead atoms. The van der Waals surface area contributed by atoms with Gasteiger partial charge in [0.2, 0.25) is 5.91 Å². The molecule has 0 spiro atoms. The van der Waals surface area contributed by atoms with Crippen molar-refractivity contribution in [3.05, 3.63) is 52.0 Å². The van der Waals surface area contributed by atoms with Crippen LogP contribution in [0.4, 0.5) is 5.69 Å². The Hall–Kier alpha value is -1.50. The van der Waals surface area contributed by atoms with Crippen LogP contribution < -0.4 is 9.64 Å². The van der Waals surface area contributed by atoms with Crippen molar-refractivity contribution in [2.75, 3.05) is 17.2 Å². The molecule has 0 radical (unpaired) electrons. The minimum atomic E-state index is -0.428. The molecule has 24 heavy (non-hydrogen) atoms. The van der Waals surface area contributed by atoms with E-state index >= 15 is 0 Å². The van der Waals surface area contributed by atoms with Gasteiger partial charge in [-0.25, -0.2) is 0 Å². The fourth-order valence-corrected chi connectivity index (χ4v) is 3.98. The number of hydrogen-bond donors (Lipinski definition) is 0. The van der Waals surface area contributed by atoms with Crippen molar-refractivity contribution in [2.24, 2.45) is 0 Å². The molecule has 3 rings (SSSR count). The maximum Gasteiger partial charge on any atom is 0.313 e. The van der Waals surface area contributed by atoms with Crippen LogP contribution in [0.2, 0.25) is 5.02 Å². The number of thioether (sulfide) groups is 1. The molecule has 0 aliphatic carbocycles.